The maximum Gasteiger partial charge on any atom is 0.223 e. The second-order valence-corrected chi connectivity index (χ2v) is 7.34. The summed E-state index contributed by atoms with van der Waals surface area (Å²) in [7, 11) is 0. The number of carbonyl (C=O) groups is 1. The summed E-state index contributed by atoms with van der Waals surface area (Å²) in [5, 5.41) is 3.05. The van der Waals surface area contributed by atoms with Crippen LogP contribution in [0, 0.1) is 0 Å². The largest absolute Gasteiger partial charge is 0.489 e. The smallest absolute Gasteiger partial charge is 0.223 e. The van der Waals surface area contributed by atoms with Gasteiger partial charge in [-0.3, -0.25) is 4.79 Å². The summed E-state index contributed by atoms with van der Waals surface area (Å²) in [6.45, 7) is 1.07. The minimum absolute atomic E-state index is 0.0118. The molecule has 1 amide bonds. The molecule has 4 nitrogen and oxygen atoms in total. The van der Waals surface area contributed by atoms with Crippen molar-refractivity contribution < 1.29 is 14.3 Å². The molecule has 148 valence electrons. The highest BCUT2D eigenvalue weighted by molar-refractivity contribution is 5.79. The third kappa shape index (κ3) is 5.46. The van der Waals surface area contributed by atoms with Crippen LogP contribution in [0.1, 0.15) is 23.1 Å². The Bertz CT molecular complexity index is 910. The van der Waals surface area contributed by atoms with Crippen LogP contribution in [0.15, 0.2) is 84.9 Å². The molecule has 2 atom stereocenters. The molecule has 0 saturated carbocycles. The molecular formula is C25H25NO3. The van der Waals surface area contributed by atoms with E-state index in [2.05, 4.69) is 17.4 Å². The van der Waals surface area contributed by atoms with Crippen molar-refractivity contribution in [3.8, 4) is 5.75 Å². The van der Waals surface area contributed by atoms with Crippen molar-refractivity contribution in [1.29, 1.82) is 0 Å². The predicted molar refractivity (Wildman–Crippen MR) is 112 cm³/mol. The molecule has 1 aliphatic rings. The van der Waals surface area contributed by atoms with Crippen LogP contribution in [-0.2, 0) is 29.2 Å². The Morgan fingerprint density at radius 1 is 0.759 bits per heavy atom. The fourth-order valence-electron chi connectivity index (χ4n) is 3.54. The van der Waals surface area contributed by atoms with Gasteiger partial charge in [-0.05, 0) is 35.2 Å². The molecule has 4 rings (SSSR count). The Labute approximate surface area is 171 Å². The van der Waals surface area contributed by atoms with Crippen molar-refractivity contribution >= 4 is 5.91 Å². The Hall–Kier alpha value is -3.11. The van der Waals surface area contributed by atoms with Crippen molar-refractivity contribution in [2.45, 2.75) is 38.2 Å². The molecule has 29 heavy (non-hydrogen) atoms. The van der Waals surface area contributed by atoms with E-state index >= 15 is 0 Å². The summed E-state index contributed by atoms with van der Waals surface area (Å²) < 4.78 is 11.9. The number of rotatable bonds is 8. The Morgan fingerprint density at radius 3 is 2.03 bits per heavy atom. The minimum Gasteiger partial charge on any atom is -0.489 e. The number of nitrogens with one attached hydrogen (secondary N) is 1. The molecular weight excluding hydrogens is 362 g/mol. The number of carbonyl (C=O) groups excluding carboxylic acids is 1. The van der Waals surface area contributed by atoms with Crippen molar-refractivity contribution in [3.63, 3.8) is 0 Å². The third-order valence-electron chi connectivity index (χ3n) is 5.12. The van der Waals surface area contributed by atoms with E-state index < -0.39 is 0 Å². The average Bonchev–Trinajstić information content (AvgIpc) is 3.12. The van der Waals surface area contributed by atoms with Gasteiger partial charge in [-0.2, -0.15) is 0 Å². The van der Waals surface area contributed by atoms with E-state index in [4.69, 9.17) is 9.47 Å². The Balaban J connectivity index is 1.31. The molecule has 0 aromatic heterocycles. The topological polar surface area (TPSA) is 47.6 Å². The van der Waals surface area contributed by atoms with Crippen LogP contribution >= 0.6 is 0 Å². The zero-order valence-corrected chi connectivity index (χ0v) is 16.3. The van der Waals surface area contributed by atoms with Crippen LogP contribution in [0.25, 0.3) is 0 Å². The fourth-order valence-corrected chi connectivity index (χ4v) is 3.54. The summed E-state index contributed by atoms with van der Waals surface area (Å²) in [5.41, 5.74) is 3.41. The van der Waals surface area contributed by atoms with Gasteiger partial charge < -0.3 is 14.8 Å². The highest BCUT2D eigenvalue weighted by Gasteiger charge is 2.33. The van der Waals surface area contributed by atoms with Crippen molar-refractivity contribution in [1.82, 2.24) is 5.32 Å². The summed E-state index contributed by atoms with van der Waals surface area (Å²) in [6, 6.07) is 28.2. The molecule has 0 unspecified atom stereocenters. The van der Waals surface area contributed by atoms with E-state index in [1.165, 1.54) is 0 Å². The third-order valence-corrected chi connectivity index (χ3v) is 5.12. The second-order valence-electron chi connectivity index (χ2n) is 7.34. The van der Waals surface area contributed by atoms with Crippen LogP contribution in [0.2, 0.25) is 0 Å². The fraction of sp³-hybridized carbons (Fsp3) is 0.240. The van der Waals surface area contributed by atoms with Crippen molar-refractivity contribution in [2.75, 3.05) is 0 Å². The molecule has 0 aliphatic carbocycles. The molecule has 0 spiro atoms. The van der Waals surface area contributed by atoms with E-state index in [0.717, 1.165) is 28.9 Å². The van der Waals surface area contributed by atoms with E-state index in [9.17, 15) is 4.79 Å². The maximum atomic E-state index is 11.9. The number of amides is 1. The lowest BCUT2D eigenvalue weighted by atomic mass is 10.0. The monoisotopic (exact) mass is 387 g/mol. The first-order valence-corrected chi connectivity index (χ1v) is 9.97. The molecule has 1 aliphatic heterocycles. The minimum atomic E-state index is -0.114. The summed E-state index contributed by atoms with van der Waals surface area (Å²) >= 11 is 0. The first-order valence-electron chi connectivity index (χ1n) is 9.97. The molecule has 1 N–H and O–H groups in total. The Kier molecular flexibility index (Phi) is 6.22. The van der Waals surface area contributed by atoms with E-state index in [0.29, 0.717) is 19.6 Å². The van der Waals surface area contributed by atoms with Gasteiger partial charge in [0.05, 0.1) is 25.2 Å². The van der Waals surface area contributed by atoms with E-state index in [-0.39, 0.29) is 18.1 Å². The lowest BCUT2D eigenvalue weighted by Gasteiger charge is -2.20. The van der Waals surface area contributed by atoms with Gasteiger partial charge in [0.15, 0.2) is 0 Å². The van der Waals surface area contributed by atoms with Gasteiger partial charge in [-0.25, -0.2) is 0 Å². The van der Waals surface area contributed by atoms with Crippen molar-refractivity contribution in [3.05, 3.63) is 102 Å². The molecule has 1 saturated heterocycles. The van der Waals surface area contributed by atoms with Crippen LogP contribution in [0.3, 0.4) is 0 Å². The van der Waals surface area contributed by atoms with Gasteiger partial charge in [0.25, 0.3) is 0 Å². The highest BCUT2D eigenvalue weighted by atomic mass is 16.5. The first-order chi connectivity index (χ1) is 14.3. The van der Waals surface area contributed by atoms with Crippen molar-refractivity contribution in [2.24, 2.45) is 0 Å². The van der Waals surface area contributed by atoms with Gasteiger partial charge in [0.2, 0.25) is 5.91 Å². The predicted octanol–water partition coefficient (Wildman–Crippen LogP) is 4.28. The van der Waals surface area contributed by atoms with Gasteiger partial charge in [-0.1, -0.05) is 72.8 Å². The quantitative estimate of drug-likeness (QED) is 0.628. The number of hydrogen-bond donors (Lipinski definition) is 1. The first kappa shape index (κ1) is 19.2. The SMILES string of the molecule is O=C1C[C@H](OCc2ccccc2)[C@@H](Cc2ccc(OCc3ccccc3)cc2)N1. The number of hydrogen-bond acceptors (Lipinski definition) is 3. The number of ether oxygens (including phenoxy) is 2. The highest BCUT2D eigenvalue weighted by Crippen LogP contribution is 2.21. The van der Waals surface area contributed by atoms with Crippen LogP contribution in [0.4, 0.5) is 0 Å². The van der Waals surface area contributed by atoms with Gasteiger partial charge >= 0.3 is 0 Å². The lowest BCUT2D eigenvalue weighted by molar-refractivity contribution is -0.119. The molecule has 3 aromatic carbocycles. The lowest BCUT2D eigenvalue weighted by Crippen LogP contribution is -2.35. The standard InChI is InChI=1S/C25H25NO3/c27-25-16-24(29-18-21-9-5-2-6-10-21)23(26-25)15-19-11-13-22(14-12-19)28-17-20-7-3-1-4-8-20/h1-14,23-24H,15-18H2,(H,26,27)/t23-,24+/m1/s1. The molecule has 0 radical (unpaired) electrons. The second kappa shape index (κ2) is 9.39. The summed E-state index contributed by atoms with van der Waals surface area (Å²) in [4.78, 5) is 11.9. The van der Waals surface area contributed by atoms with Gasteiger partial charge in [-0.15, -0.1) is 0 Å². The maximum absolute atomic E-state index is 11.9. The van der Waals surface area contributed by atoms with Crippen LogP contribution in [0.5, 0.6) is 5.75 Å². The number of benzene rings is 3. The van der Waals surface area contributed by atoms with Crippen LogP contribution < -0.4 is 10.1 Å². The van der Waals surface area contributed by atoms with E-state index in [1.54, 1.807) is 0 Å². The molecule has 3 aromatic rings. The molecule has 1 fully saturated rings. The zero-order valence-electron chi connectivity index (χ0n) is 16.3. The molecule has 1 heterocycles. The van der Waals surface area contributed by atoms with Crippen LogP contribution in [-0.4, -0.2) is 18.1 Å². The average molecular weight is 387 g/mol. The molecule has 0 bridgehead atoms. The Morgan fingerprint density at radius 2 is 1.38 bits per heavy atom. The summed E-state index contributed by atoms with van der Waals surface area (Å²) in [5.74, 6) is 0.890. The summed E-state index contributed by atoms with van der Waals surface area (Å²) in [6.07, 6.45) is 1.04. The molecule has 4 heteroatoms. The normalized spacial score (nSPS) is 18.4. The van der Waals surface area contributed by atoms with Gasteiger partial charge in [0, 0.05) is 0 Å². The van der Waals surface area contributed by atoms with E-state index in [1.807, 2.05) is 72.8 Å². The van der Waals surface area contributed by atoms with Gasteiger partial charge in [0.1, 0.15) is 12.4 Å². The zero-order chi connectivity index (χ0) is 19.9.